The number of hydrogen-bond donors (Lipinski definition) is 3. The summed E-state index contributed by atoms with van der Waals surface area (Å²) in [6, 6.07) is 0. The first-order valence-corrected chi connectivity index (χ1v) is 6.72. The Morgan fingerprint density at radius 2 is 2.18 bits per heavy atom. The Labute approximate surface area is 124 Å². The van der Waals surface area contributed by atoms with Crippen LogP contribution in [0.15, 0.2) is 12.5 Å². The number of ether oxygens (including phenoxy) is 1. The third-order valence-electron chi connectivity index (χ3n) is 3.98. The first-order chi connectivity index (χ1) is 10.2. The number of alkyl halides is 1. The molecule has 7 nitrogen and oxygen atoms in total. The number of nitrogens with zero attached hydrogens (tertiary/aromatic N) is 3. The van der Waals surface area contributed by atoms with Crippen LogP contribution in [0.1, 0.15) is 20.1 Å². The van der Waals surface area contributed by atoms with Gasteiger partial charge in [-0.15, -0.1) is 0 Å². The molecule has 1 fully saturated rings. The predicted molar refractivity (Wildman–Crippen MR) is 73.0 cm³/mol. The SMILES string of the molecule is CC(O)[C@H]1O[C@@H](n2cc(F)c3c(N)ncnc32)[C@](C)(F)[C@@H]1O. The number of halogens is 2. The number of nitrogen functional groups attached to an aromatic ring is 1. The van der Waals surface area contributed by atoms with Crippen LogP contribution in [0.3, 0.4) is 0 Å². The number of nitrogens with two attached hydrogens (primary N) is 1. The predicted octanol–water partition coefficient (Wildman–Crippen LogP) is 0.520. The molecular weight excluding hydrogens is 298 g/mol. The van der Waals surface area contributed by atoms with Crippen molar-refractivity contribution in [2.45, 2.75) is 44.1 Å². The van der Waals surface area contributed by atoms with Gasteiger partial charge < -0.3 is 20.7 Å². The smallest absolute Gasteiger partial charge is 0.181 e. The number of aliphatic hydroxyl groups excluding tert-OH is 2. The van der Waals surface area contributed by atoms with E-state index in [-0.39, 0.29) is 16.9 Å². The fourth-order valence-corrected chi connectivity index (χ4v) is 2.78. The van der Waals surface area contributed by atoms with E-state index in [2.05, 4.69) is 9.97 Å². The quantitative estimate of drug-likeness (QED) is 0.746. The molecule has 120 valence electrons. The second kappa shape index (κ2) is 4.83. The monoisotopic (exact) mass is 314 g/mol. The van der Waals surface area contributed by atoms with Crippen LogP contribution >= 0.6 is 0 Å². The summed E-state index contributed by atoms with van der Waals surface area (Å²) in [6.45, 7) is 2.50. The molecule has 1 aliphatic heterocycles. The largest absolute Gasteiger partial charge is 0.391 e. The lowest BCUT2D eigenvalue weighted by Crippen LogP contribution is -2.42. The molecule has 0 spiro atoms. The summed E-state index contributed by atoms with van der Waals surface area (Å²) in [5, 5.41) is 19.6. The van der Waals surface area contributed by atoms with E-state index in [0.29, 0.717) is 0 Å². The van der Waals surface area contributed by atoms with Crippen molar-refractivity contribution >= 4 is 16.9 Å². The van der Waals surface area contributed by atoms with E-state index in [0.717, 1.165) is 24.0 Å². The van der Waals surface area contributed by atoms with Crippen molar-refractivity contribution in [3.05, 3.63) is 18.3 Å². The van der Waals surface area contributed by atoms with Gasteiger partial charge in [-0.25, -0.2) is 18.7 Å². The molecule has 5 atom stereocenters. The molecule has 0 radical (unpaired) electrons. The molecule has 0 bridgehead atoms. The number of anilines is 1. The standard InChI is InChI=1S/C13H16F2N4O3/c1-5(20)8-9(21)13(2,15)12(22-8)19-3-6(14)7-10(16)17-4-18-11(7)19/h3-5,8-9,12,20-21H,1-2H3,(H2,16,17,18)/t5?,8-,9-,12-,13-/m1/s1. The van der Waals surface area contributed by atoms with E-state index in [1.165, 1.54) is 6.92 Å². The van der Waals surface area contributed by atoms with Crippen LogP contribution in [0.25, 0.3) is 11.0 Å². The topological polar surface area (TPSA) is 106 Å². The molecule has 1 saturated heterocycles. The molecule has 0 amide bonds. The van der Waals surface area contributed by atoms with Gasteiger partial charge in [0.25, 0.3) is 0 Å². The van der Waals surface area contributed by atoms with Gasteiger partial charge in [-0.2, -0.15) is 0 Å². The van der Waals surface area contributed by atoms with Crippen molar-refractivity contribution in [1.29, 1.82) is 0 Å². The highest BCUT2D eigenvalue weighted by Gasteiger charge is 2.56. The summed E-state index contributed by atoms with van der Waals surface area (Å²) >= 11 is 0. The number of hydrogen-bond acceptors (Lipinski definition) is 6. The van der Waals surface area contributed by atoms with Gasteiger partial charge in [0.2, 0.25) is 0 Å². The highest BCUT2D eigenvalue weighted by atomic mass is 19.1. The van der Waals surface area contributed by atoms with Crippen molar-refractivity contribution in [2.24, 2.45) is 0 Å². The highest BCUT2D eigenvalue weighted by molar-refractivity contribution is 5.86. The number of rotatable bonds is 2. The Hall–Kier alpha value is -1.84. The normalized spacial score (nSPS) is 33.5. The molecule has 3 rings (SSSR count). The van der Waals surface area contributed by atoms with E-state index in [9.17, 15) is 19.0 Å². The van der Waals surface area contributed by atoms with Crippen molar-refractivity contribution in [1.82, 2.24) is 14.5 Å². The number of fused-ring (bicyclic) bond motifs is 1. The van der Waals surface area contributed by atoms with Crippen molar-refractivity contribution in [3.63, 3.8) is 0 Å². The molecule has 3 heterocycles. The summed E-state index contributed by atoms with van der Waals surface area (Å²) in [5.41, 5.74) is 3.41. The maximum absolute atomic E-state index is 14.9. The summed E-state index contributed by atoms with van der Waals surface area (Å²) < 4.78 is 35.5. The summed E-state index contributed by atoms with van der Waals surface area (Å²) in [6.07, 6.45) is -3.04. The Bertz CT molecular complexity index is 719. The van der Waals surface area contributed by atoms with Gasteiger partial charge in [-0.05, 0) is 13.8 Å². The first kappa shape index (κ1) is 15.1. The zero-order valence-corrected chi connectivity index (χ0v) is 11.9. The average Bonchev–Trinajstić information content (AvgIpc) is 2.87. The molecule has 2 aromatic rings. The molecule has 0 saturated carbocycles. The molecule has 1 aliphatic rings. The minimum absolute atomic E-state index is 0.0445. The minimum atomic E-state index is -2.25. The molecule has 0 aromatic carbocycles. The zero-order chi connectivity index (χ0) is 16.2. The average molecular weight is 314 g/mol. The first-order valence-electron chi connectivity index (χ1n) is 6.72. The van der Waals surface area contributed by atoms with E-state index >= 15 is 0 Å². The molecule has 4 N–H and O–H groups in total. The molecule has 1 unspecified atom stereocenters. The second-order valence-electron chi connectivity index (χ2n) is 5.63. The summed E-state index contributed by atoms with van der Waals surface area (Å²) in [5.74, 6) is -0.796. The van der Waals surface area contributed by atoms with Crippen molar-refractivity contribution in [2.75, 3.05) is 5.73 Å². The Morgan fingerprint density at radius 1 is 1.50 bits per heavy atom. The Morgan fingerprint density at radius 3 is 2.77 bits per heavy atom. The van der Waals surface area contributed by atoms with Crippen LogP contribution in [0.5, 0.6) is 0 Å². The van der Waals surface area contributed by atoms with Gasteiger partial charge in [-0.1, -0.05) is 0 Å². The maximum Gasteiger partial charge on any atom is 0.181 e. The van der Waals surface area contributed by atoms with Crippen LogP contribution in [0.2, 0.25) is 0 Å². The van der Waals surface area contributed by atoms with E-state index in [1.807, 2.05) is 0 Å². The van der Waals surface area contributed by atoms with Crippen LogP contribution in [0, 0.1) is 5.82 Å². The van der Waals surface area contributed by atoms with Gasteiger partial charge in [-0.3, -0.25) is 4.57 Å². The van der Waals surface area contributed by atoms with Gasteiger partial charge in [0.1, 0.15) is 24.4 Å². The molecule has 22 heavy (non-hydrogen) atoms. The van der Waals surface area contributed by atoms with Crippen molar-refractivity contribution in [3.8, 4) is 0 Å². The Balaban J connectivity index is 2.14. The van der Waals surface area contributed by atoms with E-state index < -0.39 is 36.0 Å². The molecule has 2 aromatic heterocycles. The zero-order valence-electron chi connectivity index (χ0n) is 11.9. The van der Waals surface area contributed by atoms with Gasteiger partial charge in [0, 0.05) is 6.20 Å². The van der Waals surface area contributed by atoms with Crippen LogP contribution < -0.4 is 5.73 Å². The van der Waals surface area contributed by atoms with Crippen LogP contribution in [-0.4, -0.2) is 48.7 Å². The van der Waals surface area contributed by atoms with Crippen LogP contribution in [-0.2, 0) is 4.74 Å². The minimum Gasteiger partial charge on any atom is -0.391 e. The highest BCUT2D eigenvalue weighted by Crippen LogP contribution is 2.44. The Kier molecular flexibility index (Phi) is 3.31. The summed E-state index contributed by atoms with van der Waals surface area (Å²) in [4.78, 5) is 7.60. The van der Waals surface area contributed by atoms with Gasteiger partial charge >= 0.3 is 0 Å². The fraction of sp³-hybridized carbons (Fsp3) is 0.538. The van der Waals surface area contributed by atoms with E-state index in [1.54, 1.807) is 0 Å². The molecule has 0 aliphatic carbocycles. The van der Waals surface area contributed by atoms with Gasteiger partial charge in [0.15, 0.2) is 23.4 Å². The third-order valence-corrected chi connectivity index (χ3v) is 3.98. The number of aromatic nitrogens is 3. The molecule has 9 heteroatoms. The lowest BCUT2D eigenvalue weighted by atomic mass is 9.96. The van der Waals surface area contributed by atoms with E-state index in [4.69, 9.17) is 10.5 Å². The third kappa shape index (κ3) is 1.97. The summed E-state index contributed by atoms with van der Waals surface area (Å²) in [7, 11) is 0. The lowest BCUT2D eigenvalue weighted by molar-refractivity contribution is -0.0795. The van der Waals surface area contributed by atoms with Crippen LogP contribution in [0.4, 0.5) is 14.6 Å². The number of aliphatic hydroxyl groups is 2. The van der Waals surface area contributed by atoms with Gasteiger partial charge in [0.05, 0.1) is 11.5 Å². The fourth-order valence-electron chi connectivity index (χ4n) is 2.78. The van der Waals surface area contributed by atoms with Crippen molar-refractivity contribution < 1.29 is 23.7 Å². The lowest BCUT2D eigenvalue weighted by Gasteiger charge is -2.25. The maximum atomic E-state index is 14.9. The molecular formula is C13H16F2N4O3. The second-order valence-corrected chi connectivity index (χ2v) is 5.63.